The molecule has 4 nitrogen and oxygen atoms in total. The number of nitrogens with two attached hydrogens (primary N) is 1. The third-order valence-corrected chi connectivity index (χ3v) is 2.62. The van der Waals surface area contributed by atoms with Crippen molar-refractivity contribution in [1.29, 1.82) is 5.41 Å². The number of hydrogen-bond acceptors (Lipinski definition) is 3. The first-order chi connectivity index (χ1) is 6.68. The van der Waals surface area contributed by atoms with Gasteiger partial charge in [-0.1, -0.05) is 0 Å². The second-order valence-electron chi connectivity index (χ2n) is 4.00. The predicted octanol–water partition coefficient (Wildman–Crippen LogP) is 0.813. The molecule has 1 fully saturated rings. The average Bonchev–Trinajstić information content (AvgIpc) is 2.63. The van der Waals surface area contributed by atoms with Crippen LogP contribution in [0, 0.1) is 5.41 Å². The molecule has 0 saturated carbocycles. The highest BCUT2D eigenvalue weighted by molar-refractivity contribution is 5.76. The largest absolute Gasteiger partial charge is 0.388 e. The molecule has 0 amide bonds. The van der Waals surface area contributed by atoms with Gasteiger partial charge in [0.25, 0.3) is 0 Å². The van der Waals surface area contributed by atoms with Gasteiger partial charge in [-0.3, -0.25) is 5.41 Å². The summed E-state index contributed by atoms with van der Waals surface area (Å²) >= 11 is 0. The van der Waals surface area contributed by atoms with Crippen LogP contribution in [0.1, 0.15) is 25.7 Å². The molecule has 1 aliphatic rings. The summed E-state index contributed by atoms with van der Waals surface area (Å²) < 4.78 is 5.54. The van der Waals surface area contributed by atoms with Gasteiger partial charge in [-0.15, -0.1) is 0 Å². The summed E-state index contributed by atoms with van der Waals surface area (Å²) in [4.78, 5) is 2.21. The minimum absolute atomic E-state index is 0.272. The van der Waals surface area contributed by atoms with Gasteiger partial charge in [0.15, 0.2) is 0 Å². The van der Waals surface area contributed by atoms with Crippen LogP contribution in [-0.4, -0.2) is 43.6 Å². The molecule has 82 valence electrons. The Balaban J connectivity index is 2.02. The monoisotopic (exact) mass is 199 g/mol. The summed E-state index contributed by atoms with van der Waals surface area (Å²) in [7, 11) is 2.07. The number of hydrogen-bond donors (Lipinski definition) is 2. The maximum atomic E-state index is 7.11. The molecule has 1 rings (SSSR count). The Morgan fingerprint density at radius 2 is 2.36 bits per heavy atom. The van der Waals surface area contributed by atoms with E-state index in [4.69, 9.17) is 15.9 Å². The highest BCUT2D eigenvalue weighted by Crippen LogP contribution is 2.15. The van der Waals surface area contributed by atoms with Crippen molar-refractivity contribution < 1.29 is 4.74 Å². The molecule has 4 heteroatoms. The minimum atomic E-state index is 0.272. The van der Waals surface area contributed by atoms with E-state index in [-0.39, 0.29) is 5.84 Å². The first-order valence-electron chi connectivity index (χ1n) is 5.31. The van der Waals surface area contributed by atoms with Crippen LogP contribution in [0.4, 0.5) is 0 Å². The minimum Gasteiger partial charge on any atom is -0.388 e. The van der Waals surface area contributed by atoms with E-state index in [0.29, 0.717) is 12.5 Å². The number of amidine groups is 1. The van der Waals surface area contributed by atoms with Crippen LogP contribution >= 0.6 is 0 Å². The van der Waals surface area contributed by atoms with Gasteiger partial charge in [-0.25, -0.2) is 0 Å². The summed E-state index contributed by atoms with van der Waals surface area (Å²) in [5.41, 5.74) is 5.29. The topological polar surface area (TPSA) is 62.3 Å². The second-order valence-corrected chi connectivity index (χ2v) is 4.00. The van der Waals surface area contributed by atoms with Gasteiger partial charge in [0.05, 0.1) is 11.9 Å². The molecule has 0 bridgehead atoms. The van der Waals surface area contributed by atoms with E-state index in [1.807, 2.05) is 0 Å². The van der Waals surface area contributed by atoms with Crippen LogP contribution in [0.15, 0.2) is 0 Å². The van der Waals surface area contributed by atoms with Crippen molar-refractivity contribution in [2.45, 2.75) is 31.8 Å². The summed E-state index contributed by atoms with van der Waals surface area (Å²) in [6, 6.07) is 0. The van der Waals surface area contributed by atoms with Gasteiger partial charge in [-0.2, -0.15) is 0 Å². The molecule has 0 aromatic heterocycles. The number of nitrogens with zero attached hydrogens (tertiary/aromatic N) is 1. The molecule has 1 atom stereocenters. The summed E-state index contributed by atoms with van der Waals surface area (Å²) in [5.74, 6) is 0.272. The standard InChI is InChI=1S/C10H21N3O/c1-13(7-5-10(11)12)6-4-9-3-2-8-14-9/h9H,2-8H2,1H3,(H3,11,12). The first-order valence-corrected chi connectivity index (χ1v) is 5.31. The van der Waals surface area contributed by atoms with Gasteiger partial charge in [0, 0.05) is 26.1 Å². The molecule has 0 aromatic carbocycles. The second kappa shape index (κ2) is 5.98. The highest BCUT2D eigenvalue weighted by atomic mass is 16.5. The highest BCUT2D eigenvalue weighted by Gasteiger charge is 2.15. The van der Waals surface area contributed by atoms with Crippen molar-refractivity contribution in [2.24, 2.45) is 5.73 Å². The zero-order valence-corrected chi connectivity index (χ0v) is 8.96. The Morgan fingerprint density at radius 1 is 1.57 bits per heavy atom. The first kappa shape index (κ1) is 11.5. The number of nitrogens with one attached hydrogen (secondary N) is 1. The molecule has 0 aliphatic carbocycles. The van der Waals surface area contributed by atoms with E-state index in [2.05, 4.69) is 11.9 Å². The van der Waals surface area contributed by atoms with Crippen LogP contribution in [0.3, 0.4) is 0 Å². The lowest BCUT2D eigenvalue weighted by molar-refractivity contribution is 0.0954. The molecular formula is C10H21N3O. The van der Waals surface area contributed by atoms with Crippen molar-refractivity contribution >= 4 is 5.84 Å². The molecule has 1 saturated heterocycles. The Labute approximate surface area is 85.9 Å². The summed E-state index contributed by atoms with van der Waals surface area (Å²) in [5, 5.41) is 7.11. The predicted molar refractivity (Wildman–Crippen MR) is 57.6 cm³/mol. The summed E-state index contributed by atoms with van der Waals surface area (Å²) in [6.07, 6.45) is 4.66. The van der Waals surface area contributed by atoms with E-state index in [1.54, 1.807) is 0 Å². The maximum Gasteiger partial charge on any atom is 0.0918 e. The lowest BCUT2D eigenvalue weighted by Crippen LogP contribution is -2.27. The van der Waals surface area contributed by atoms with Gasteiger partial charge in [-0.05, 0) is 26.3 Å². The van der Waals surface area contributed by atoms with E-state index in [1.165, 1.54) is 12.8 Å². The fourth-order valence-electron chi connectivity index (χ4n) is 1.66. The van der Waals surface area contributed by atoms with E-state index in [9.17, 15) is 0 Å². The van der Waals surface area contributed by atoms with Crippen molar-refractivity contribution in [2.75, 3.05) is 26.7 Å². The zero-order valence-electron chi connectivity index (χ0n) is 8.96. The quantitative estimate of drug-likeness (QED) is 0.491. The van der Waals surface area contributed by atoms with E-state index in [0.717, 1.165) is 26.1 Å². The van der Waals surface area contributed by atoms with Crippen LogP contribution in [-0.2, 0) is 4.74 Å². The van der Waals surface area contributed by atoms with Gasteiger partial charge in [0.1, 0.15) is 0 Å². The lowest BCUT2D eigenvalue weighted by Gasteiger charge is -2.18. The van der Waals surface area contributed by atoms with Crippen LogP contribution in [0.2, 0.25) is 0 Å². The zero-order chi connectivity index (χ0) is 10.4. The van der Waals surface area contributed by atoms with E-state index < -0.39 is 0 Å². The number of rotatable bonds is 6. The Hall–Kier alpha value is -0.610. The Morgan fingerprint density at radius 3 is 2.93 bits per heavy atom. The van der Waals surface area contributed by atoms with Gasteiger partial charge in [0.2, 0.25) is 0 Å². The molecule has 1 aliphatic heterocycles. The molecule has 0 radical (unpaired) electrons. The maximum absolute atomic E-state index is 7.11. The molecule has 14 heavy (non-hydrogen) atoms. The Kier molecular flexibility index (Phi) is 4.90. The normalized spacial score (nSPS) is 21.7. The fourth-order valence-corrected chi connectivity index (χ4v) is 1.66. The molecule has 1 unspecified atom stereocenters. The molecule has 0 aromatic rings. The van der Waals surface area contributed by atoms with Crippen LogP contribution in [0.25, 0.3) is 0 Å². The smallest absolute Gasteiger partial charge is 0.0918 e. The lowest BCUT2D eigenvalue weighted by atomic mass is 10.2. The van der Waals surface area contributed by atoms with Crippen LogP contribution < -0.4 is 5.73 Å². The Bertz CT molecular complexity index is 178. The molecule has 0 spiro atoms. The van der Waals surface area contributed by atoms with Crippen molar-refractivity contribution in [3.63, 3.8) is 0 Å². The fraction of sp³-hybridized carbons (Fsp3) is 0.900. The molecule has 1 heterocycles. The molecular weight excluding hydrogens is 178 g/mol. The average molecular weight is 199 g/mol. The molecule has 3 N–H and O–H groups in total. The van der Waals surface area contributed by atoms with Gasteiger partial charge < -0.3 is 15.4 Å². The number of ether oxygens (including phenoxy) is 1. The van der Waals surface area contributed by atoms with E-state index >= 15 is 0 Å². The summed E-state index contributed by atoms with van der Waals surface area (Å²) in [6.45, 7) is 2.85. The SMILES string of the molecule is CN(CCC(=N)N)CCC1CCCO1. The van der Waals surface area contributed by atoms with Crippen molar-refractivity contribution in [1.82, 2.24) is 4.90 Å². The van der Waals surface area contributed by atoms with Crippen molar-refractivity contribution in [3.05, 3.63) is 0 Å². The third kappa shape index (κ3) is 4.58. The van der Waals surface area contributed by atoms with Crippen molar-refractivity contribution in [3.8, 4) is 0 Å². The van der Waals surface area contributed by atoms with Crippen LogP contribution in [0.5, 0.6) is 0 Å². The van der Waals surface area contributed by atoms with Gasteiger partial charge >= 0.3 is 0 Å². The third-order valence-electron chi connectivity index (χ3n) is 2.62.